The van der Waals surface area contributed by atoms with Crippen molar-refractivity contribution in [1.29, 1.82) is 0 Å². The monoisotopic (exact) mass is 214 g/mol. The van der Waals surface area contributed by atoms with Gasteiger partial charge < -0.3 is 5.11 Å². The number of rotatable bonds is 3. The molecule has 0 radical (unpaired) electrons. The molecule has 0 spiro atoms. The van der Waals surface area contributed by atoms with E-state index in [0.29, 0.717) is 5.56 Å². The molecule has 78 valence electrons. The van der Waals surface area contributed by atoms with Crippen molar-refractivity contribution < 1.29 is 13.5 Å². The van der Waals surface area contributed by atoms with Gasteiger partial charge >= 0.3 is 0 Å². The molecular formula is C10H14O3S. The number of sulfone groups is 1. The van der Waals surface area contributed by atoms with Crippen molar-refractivity contribution in [1.82, 2.24) is 0 Å². The summed E-state index contributed by atoms with van der Waals surface area (Å²) < 4.78 is 22.8. The van der Waals surface area contributed by atoms with Crippen LogP contribution in [0, 0.1) is 0 Å². The van der Waals surface area contributed by atoms with E-state index >= 15 is 0 Å². The lowest BCUT2D eigenvalue weighted by molar-refractivity contribution is 0.188. The fourth-order valence-electron chi connectivity index (χ4n) is 1.53. The highest BCUT2D eigenvalue weighted by Gasteiger charge is 2.27. The summed E-state index contributed by atoms with van der Waals surface area (Å²) in [5.74, 6) is 0. The first-order valence-electron chi connectivity index (χ1n) is 4.35. The number of hydrogen-bond acceptors (Lipinski definition) is 3. The Bertz CT molecular complexity index is 381. The van der Waals surface area contributed by atoms with Crippen LogP contribution in [0.25, 0.3) is 0 Å². The third-order valence-electron chi connectivity index (χ3n) is 2.03. The molecule has 0 aliphatic heterocycles. The van der Waals surface area contributed by atoms with Gasteiger partial charge in [-0.05, 0) is 12.5 Å². The second-order valence-electron chi connectivity index (χ2n) is 3.40. The maximum absolute atomic E-state index is 11.4. The molecule has 1 aromatic rings. The van der Waals surface area contributed by atoms with Crippen molar-refractivity contribution in [2.75, 3.05) is 6.26 Å². The Balaban J connectivity index is 3.15. The average Bonchev–Trinajstić information content (AvgIpc) is 2.02. The summed E-state index contributed by atoms with van der Waals surface area (Å²) in [6.45, 7) is 1.48. The summed E-state index contributed by atoms with van der Waals surface area (Å²) in [7, 11) is -3.27. The molecule has 1 N–H and O–H groups in total. The molecule has 0 saturated carbocycles. The van der Waals surface area contributed by atoms with Gasteiger partial charge in [-0.2, -0.15) is 0 Å². The minimum absolute atomic E-state index is 0.630. The molecule has 0 heterocycles. The third-order valence-corrected chi connectivity index (χ3v) is 3.62. The summed E-state index contributed by atoms with van der Waals surface area (Å²) in [5, 5.41) is 8.59. The molecule has 4 heteroatoms. The number of aliphatic hydroxyl groups is 1. The van der Waals surface area contributed by atoms with Crippen LogP contribution in [0.1, 0.15) is 17.7 Å². The zero-order chi connectivity index (χ0) is 10.8. The number of hydrogen-bond donors (Lipinski definition) is 1. The van der Waals surface area contributed by atoms with E-state index < -0.39 is 21.2 Å². The van der Waals surface area contributed by atoms with Gasteiger partial charge in [0, 0.05) is 6.26 Å². The predicted molar refractivity (Wildman–Crippen MR) is 55.7 cm³/mol. The molecule has 0 aliphatic carbocycles. The van der Waals surface area contributed by atoms with Crippen LogP contribution < -0.4 is 0 Å². The fourth-order valence-corrected chi connectivity index (χ4v) is 2.89. The molecule has 1 rings (SSSR count). The number of aliphatic hydroxyl groups excluding tert-OH is 1. The van der Waals surface area contributed by atoms with Crippen LogP contribution in [0.3, 0.4) is 0 Å². The van der Waals surface area contributed by atoms with E-state index in [-0.39, 0.29) is 0 Å². The molecule has 14 heavy (non-hydrogen) atoms. The second kappa shape index (κ2) is 4.11. The van der Waals surface area contributed by atoms with Crippen LogP contribution in [0.2, 0.25) is 0 Å². The van der Waals surface area contributed by atoms with Gasteiger partial charge in [-0.3, -0.25) is 0 Å². The van der Waals surface area contributed by atoms with Crippen molar-refractivity contribution in [3.63, 3.8) is 0 Å². The normalized spacial score (nSPS) is 16.2. The van der Waals surface area contributed by atoms with E-state index in [0.717, 1.165) is 6.26 Å². The summed E-state index contributed by atoms with van der Waals surface area (Å²) in [6.07, 6.45) is 0.240. The van der Waals surface area contributed by atoms with E-state index in [2.05, 4.69) is 0 Å². The quantitative estimate of drug-likeness (QED) is 0.821. The topological polar surface area (TPSA) is 54.4 Å². The van der Waals surface area contributed by atoms with Crippen molar-refractivity contribution in [2.24, 2.45) is 0 Å². The Morgan fingerprint density at radius 1 is 1.21 bits per heavy atom. The van der Waals surface area contributed by atoms with E-state index in [1.54, 1.807) is 24.3 Å². The molecule has 3 nitrogen and oxygen atoms in total. The van der Waals surface area contributed by atoms with Crippen LogP contribution in [0.15, 0.2) is 30.3 Å². The van der Waals surface area contributed by atoms with Crippen LogP contribution >= 0.6 is 0 Å². The number of benzene rings is 1. The molecule has 0 aromatic heterocycles. The van der Waals surface area contributed by atoms with Crippen molar-refractivity contribution in [2.45, 2.75) is 18.3 Å². The zero-order valence-electron chi connectivity index (χ0n) is 8.21. The summed E-state index contributed by atoms with van der Waals surface area (Å²) in [6, 6.07) is 8.74. The first-order valence-corrected chi connectivity index (χ1v) is 6.30. The van der Waals surface area contributed by atoms with Gasteiger partial charge in [-0.15, -0.1) is 0 Å². The highest BCUT2D eigenvalue weighted by atomic mass is 32.2. The average molecular weight is 214 g/mol. The van der Waals surface area contributed by atoms with Crippen molar-refractivity contribution >= 4 is 9.84 Å². The largest absolute Gasteiger partial charge is 0.392 e. The molecule has 0 saturated heterocycles. The Labute approximate surface area is 84.3 Å². The molecule has 1 aromatic carbocycles. The highest BCUT2D eigenvalue weighted by Crippen LogP contribution is 2.24. The summed E-state index contributed by atoms with van der Waals surface area (Å²) in [4.78, 5) is 0. The van der Waals surface area contributed by atoms with Crippen LogP contribution in [-0.2, 0) is 9.84 Å². The Hall–Kier alpha value is -0.870. The Kier molecular flexibility index (Phi) is 3.29. The standard InChI is InChI=1S/C10H14O3S/c1-8(11)10(14(2,12)13)9-6-4-3-5-7-9/h3-8,10-11H,1-2H3/t8-,10-/m0/s1. The maximum Gasteiger partial charge on any atom is 0.156 e. The smallest absolute Gasteiger partial charge is 0.156 e. The van der Waals surface area contributed by atoms with Crippen LogP contribution in [0.4, 0.5) is 0 Å². The van der Waals surface area contributed by atoms with E-state index in [1.807, 2.05) is 6.07 Å². The molecule has 0 bridgehead atoms. The maximum atomic E-state index is 11.4. The minimum atomic E-state index is -3.27. The third kappa shape index (κ3) is 2.56. The fraction of sp³-hybridized carbons (Fsp3) is 0.400. The van der Waals surface area contributed by atoms with Gasteiger partial charge in [0.2, 0.25) is 0 Å². The molecule has 0 fully saturated rings. The van der Waals surface area contributed by atoms with Gasteiger partial charge in [0.15, 0.2) is 9.84 Å². The Morgan fingerprint density at radius 3 is 2.07 bits per heavy atom. The van der Waals surface area contributed by atoms with Gasteiger partial charge in [-0.25, -0.2) is 8.42 Å². The van der Waals surface area contributed by atoms with Crippen LogP contribution in [-0.4, -0.2) is 25.9 Å². The summed E-state index contributed by atoms with van der Waals surface area (Å²) in [5.41, 5.74) is 0.630. The van der Waals surface area contributed by atoms with Gasteiger partial charge in [0.1, 0.15) is 5.25 Å². The second-order valence-corrected chi connectivity index (χ2v) is 5.57. The van der Waals surface area contributed by atoms with Crippen molar-refractivity contribution in [3.8, 4) is 0 Å². The van der Waals surface area contributed by atoms with Crippen molar-refractivity contribution in [3.05, 3.63) is 35.9 Å². The lowest BCUT2D eigenvalue weighted by Gasteiger charge is -2.18. The lowest BCUT2D eigenvalue weighted by Crippen LogP contribution is -2.22. The Morgan fingerprint density at radius 2 is 1.71 bits per heavy atom. The molecular weight excluding hydrogens is 200 g/mol. The lowest BCUT2D eigenvalue weighted by atomic mass is 10.1. The minimum Gasteiger partial charge on any atom is -0.392 e. The molecule has 2 atom stereocenters. The highest BCUT2D eigenvalue weighted by molar-refractivity contribution is 7.91. The molecule has 0 unspecified atom stereocenters. The van der Waals surface area contributed by atoms with E-state index in [4.69, 9.17) is 0 Å². The first-order chi connectivity index (χ1) is 6.43. The van der Waals surface area contributed by atoms with Crippen LogP contribution in [0.5, 0.6) is 0 Å². The SMILES string of the molecule is C[C@H](O)[C@@H](c1ccccc1)S(C)(=O)=O. The first kappa shape index (κ1) is 11.2. The summed E-state index contributed by atoms with van der Waals surface area (Å²) >= 11 is 0. The van der Waals surface area contributed by atoms with Gasteiger partial charge in [-0.1, -0.05) is 30.3 Å². The molecule has 0 aliphatic rings. The van der Waals surface area contributed by atoms with E-state index in [1.165, 1.54) is 6.92 Å². The molecule has 0 amide bonds. The van der Waals surface area contributed by atoms with E-state index in [9.17, 15) is 13.5 Å². The predicted octanol–water partition coefficient (Wildman–Crippen LogP) is 1.15. The van der Waals surface area contributed by atoms with Gasteiger partial charge in [0.05, 0.1) is 6.10 Å². The zero-order valence-corrected chi connectivity index (χ0v) is 9.03. The van der Waals surface area contributed by atoms with Gasteiger partial charge in [0.25, 0.3) is 0 Å².